The smallest absolute Gasteiger partial charge is 0.0876 e. The van der Waals surface area contributed by atoms with Crippen LogP contribution in [0.4, 0.5) is 0 Å². The number of epoxide rings is 2. The highest BCUT2D eigenvalue weighted by Gasteiger charge is 2.53. The molecule has 0 amide bonds. The van der Waals surface area contributed by atoms with Crippen molar-refractivity contribution in [1.29, 1.82) is 0 Å². The van der Waals surface area contributed by atoms with Crippen LogP contribution in [-0.2, 0) is 66.3 Å². The molecule has 4 unspecified atom stereocenters. The molecule has 118 heavy (non-hydrogen) atoms. The van der Waals surface area contributed by atoms with Crippen molar-refractivity contribution in [3.63, 3.8) is 0 Å². The SMILES string of the molecule is C#C/C=C\CC(Br)[C@H]1C[C@H]2O[C@@H](CC)[C@H](Br)C[C@H]2O1.C#C/C=C\C[C@@H]1O[C@@H]2C[C@@H](Br)[C@H](CC)O[C@@H]2C[C@@H]1Br.CC[C@@H]1O[C@@H]2C/C=C\C[C@H](C=C=CBr)O[C@@H]2CC1Br.CC[C@@H]1O[C@@H]2C[C@@H](C(O)CC(Cl)C=C=CBr)O[C@@H]2C[C@H]1Br.CC[C@@H]1O[C@@H]2C[C@@H]3O[C@@H]3C[C@H](C=C=CBr)O[C@@H]2C[C@H]1Br.CC[C@@H]1O[C@@H]2C[C@H]3O[C@H]3C[C@H](C=C=CBr)O[C@@H]2C[C@H]1C. The van der Waals surface area contributed by atoms with Gasteiger partial charge in [-0.3, -0.25) is 0 Å². The molecule has 0 aliphatic carbocycles. The van der Waals surface area contributed by atoms with Gasteiger partial charge in [-0.15, -0.1) is 47.4 Å². The maximum atomic E-state index is 10.3. The summed E-state index contributed by atoms with van der Waals surface area (Å²) in [5, 5.41) is 10.1. The van der Waals surface area contributed by atoms with Crippen LogP contribution in [0.15, 0.2) is 104 Å². The fourth-order valence-corrected chi connectivity index (χ4v) is 24.4. The number of aliphatic hydroxyl groups excluding tert-OH is 1. The lowest BCUT2D eigenvalue weighted by Gasteiger charge is -2.45. The van der Waals surface area contributed by atoms with Gasteiger partial charge in [0.1, 0.15) is 0 Å². The van der Waals surface area contributed by atoms with Crippen LogP contribution in [0.3, 0.4) is 0 Å². The Hall–Kier alpha value is 1.39. The molecule has 0 aromatic carbocycles. The van der Waals surface area contributed by atoms with E-state index in [2.05, 4.69) is 271 Å². The normalized spacial score (nSPS) is 42.6. The van der Waals surface area contributed by atoms with Gasteiger partial charge in [-0.25, -0.2) is 0 Å². The lowest BCUT2D eigenvalue weighted by Crippen LogP contribution is -2.53. The van der Waals surface area contributed by atoms with Gasteiger partial charge < -0.3 is 71.4 Å². The Kier molecular flexibility index (Phi) is 47.4. The van der Waals surface area contributed by atoms with Crippen LogP contribution in [-0.4, -0.2) is 221 Å². The summed E-state index contributed by atoms with van der Waals surface area (Å²) in [6.45, 7) is 15.3. The summed E-state index contributed by atoms with van der Waals surface area (Å²) in [7, 11) is 0. The third-order valence-corrected chi connectivity index (χ3v) is 32.5. The molecule has 0 saturated carbocycles. The minimum Gasteiger partial charge on any atom is -0.390 e. The van der Waals surface area contributed by atoms with Crippen molar-refractivity contribution in [2.75, 3.05) is 0 Å². The van der Waals surface area contributed by atoms with Crippen LogP contribution in [0.25, 0.3) is 0 Å². The second-order valence-electron chi connectivity index (χ2n) is 32.7. The zero-order chi connectivity index (χ0) is 85.0. The number of alkyl halides is 8. The van der Waals surface area contributed by atoms with E-state index in [0.29, 0.717) is 95.0 Å². The van der Waals surface area contributed by atoms with Crippen LogP contribution in [0.1, 0.15) is 203 Å². The molecule has 13 fully saturated rings. The molecule has 38 atom stereocenters. The van der Waals surface area contributed by atoms with Crippen molar-refractivity contribution in [1.82, 2.24) is 0 Å². The predicted molar refractivity (Wildman–Crippen MR) is 511 cm³/mol. The highest BCUT2D eigenvalue weighted by Crippen LogP contribution is 2.46. The number of hydrogen-bond donors (Lipinski definition) is 1. The molecule has 13 saturated heterocycles. The Balaban J connectivity index is 0.000000162. The largest absolute Gasteiger partial charge is 0.390 e. The Bertz CT molecular complexity index is 3370. The van der Waals surface area contributed by atoms with E-state index in [0.717, 1.165) is 148 Å². The van der Waals surface area contributed by atoms with E-state index in [1.54, 1.807) is 38.2 Å². The first-order valence-electron chi connectivity index (χ1n) is 42.9. The summed E-state index contributed by atoms with van der Waals surface area (Å²) >= 11 is 45.0. The lowest BCUT2D eigenvalue weighted by atomic mass is 9.87. The van der Waals surface area contributed by atoms with Crippen LogP contribution < -0.4 is 0 Å². The quantitative estimate of drug-likeness (QED) is 0.0454. The average Bonchev–Trinajstić information content (AvgIpc) is 1.59. The first-order chi connectivity index (χ1) is 57.0. The van der Waals surface area contributed by atoms with Crippen molar-refractivity contribution >= 4 is 187 Å². The van der Waals surface area contributed by atoms with Crippen LogP contribution in [0.2, 0.25) is 0 Å². The number of aliphatic hydroxyl groups is 1. The van der Waals surface area contributed by atoms with Crippen molar-refractivity contribution in [3.8, 4) is 24.7 Å². The number of ether oxygens (including phenoxy) is 14. The highest BCUT2D eigenvalue weighted by molar-refractivity contribution is 9.12. The maximum absolute atomic E-state index is 10.3. The van der Waals surface area contributed by atoms with Crippen molar-refractivity contribution in [2.45, 2.75) is 419 Å². The Labute approximate surface area is 802 Å². The van der Waals surface area contributed by atoms with Gasteiger partial charge in [-0.05, 0) is 158 Å². The third-order valence-electron chi connectivity index (χ3n) is 24.4. The van der Waals surface area contributed by atoms with Crippen molar-refractivity contribution in [3.05, 3.63) is 104 Å². The molecule has 15 nitrogen and oxygen atoms in total. The average molecular weight is 2370 g/mol. The van der Waals surface area contributed by atoms with E-state index < -0.39 is 6.10 Å². The molecule has 14 heterocycles. The molecular formula is C91H124Br11ClO15. The summed E-state index contributed by atoms with van der Waals surface area (Å²) in [6.07, 6.45) is 58.1. The Morgan fingerprint density at radius 2 is 0.712 bits per heavy atom. The van der Waals surface area contributed by atoms with Crippen LogP contribution in [0, 0.1) is 30.6 Å². The molecule has 0 bridgehead atoms. The van der Waals surface area contributed by atoms with Gasteiger partial charge in [-0.1, -0.05) is 260 Å². The lowest BCUT2D eigenvalue weighted by molar-refractivity contribution is -0.180. The Morgan fingerprint density at radius 3 is 1.17 bits per heavy atom. The number of allylic oxidation sites excluding steroid dienone is 4. The van der Waals surface area contributed by atoms with E-state index in [-0.39, 0.29) is 127 Å². The predicted octanol–water partition coefficient (Wildman–Crippen LogP) is 23.3. The second kappa shape index (κ2) is 54.3. The summed E-state index contributed by atoms with van der Waals surface area (Å²) < 4.78 is 85.6. The van der Waals surface area contributed by atoms with Gasteiger partial charge in [0.2, 0.25) is 0 Å². The van der Waals surface area contributed by atoms with E-state index in [4.69, 9.17) is 90.8 Å². The highest BCUT2D eigenvalue weighted by atomic mass is 79.9. The number of hydrogen-bond acceptors (Lipinski definition) is 15. The molecule has 0 spiro atoms. The molecule has 14 aliphatic heterocycles. The molecule has 0 aromatic rings. The van der Waals surface area contributed by atoms with Gasteiger partial charge in [-0.2, -0.15) is 0 Å². The minimum absolute atomic E-state index is 0.0630. The minimum atomic E-state index is -0.580. The monoisotopic (exact) mass is 2360 g/mol. The second-order valence-corrected chi connectivity index (χ2v) is 43.4. The molecule has 662 valence electrons. The summed E-state index contributed by atoms with van der Waals surface area (Å²) in [5.41, 5.74) is 12.1. The van der Waals surface area contributed by atoms with E-state index in [1.165, 1.54) is 0 Å². The third kappa shape index (κ3) is 32.2. The molecule has 14 aliphatic rings. The topological polar surface area (TPSA) is 156 Å². The molecular weight excluding hydrogens is 2250 g/mol. The fourth-order valence-electron chi connectivity index (χ4n) is 17.9. The number of halogens is 12. The number of rotatable bonds is 18. The number of terminal acetylenes is 2. The van der Waals surface area contributed by atoms with Gasteiger partial charge in [0, 0.05) is 92.3 Å². The van der Waals surface area contributed by atoms with Crippen molar-refractivity contribution in [2.24, 2.45) is 5.92 Å². The first kappa shape index (κ1) is 103. The van der Waals surface area contributed by atoms with Gasteiger partial charge >= 0.3 is 0 Å². The van der Waals surface area contributed by atoms with Crippen LogP contribution >= 0.6 is 187 Å². The van der Waals surface area contributed by atoms with E-state index >= 15 is 0 Å². The standard InChI is InChI=1S/C16H23BrO3.C15H21Br2ClO3.C15H20Br2O3.3C15H20Br2O2/c1-3-12-10(2)7-13-15(19-12)9-16-14(20-16)8-11(18-13)5-4-6-17;1-2-12-10(17)7-14-15(20-12)8-13(21-14)11(19)6-9(18)4-3-5-16;1-2-11-10(17)7-13-15(19-11)8-14-12(20-14)6-9(18-13)4-3-5-16;1-3-5-6-7-13-11(17)9-14-15(19-13)8-10(16)12(4-2)18-14;1-3-5-6-7-10(16)13-9-15-14(19-13)8-11(17)12(4-2)18-15;1-2-13-12(17)10-15-14(19-13)8-4-3-6-11(18-15)7-5-9-16/h5-6,10-16H,3,7-9H2,1-2H3;4-5,9-15,19H,2,6-8H2,1H3;4-5,9-15H,2,6-8H2,1H3;2*1,5-6,10-15H,4,7-9H2,2H3;3-4,7,9,11-15H,2,6,8,10H2,1H3/b;;;2*6-5-;4-3-/t4?,10-,11+,12+,13-,14+,15-,16-;3?,9?,10-,11?,12+,13+,14-,15-;3?,9-,10+,11-,12+,13+,14-,15+;10-,11+,12+,13+,14-,15-;10?,11-,12+,13-,14-,15-;5?,11-,12?,13+,14-,15-/m110111/s1. The summed E-state index contributed by atoms with van der Waals surface area (Å²) in [5.74, 6) is 5.59. The van der Waals surface area contributed by atoms with Gasteiger partial charge in [0.05, 0.1) is 182 Å². The fraction of sp³-hybridized carbons (Fsp3) is 0.758. The van der Waals surface area contributed by atoms with Crippen LogP contribution in [0.5, 0.6) is 0 Å². The Morgan fingerprint density at radius 1 is 0.381 bits per heavy atom. The molecule has 27 heteroatoms. The van der Waals surface area contributed by atoms with E-state index in [9.17, 15) is 5.11 Å². The zero-order valence-electron chi connectivity index (χ0n) is 68.8. The van der Waals surface area contributed by atoms with Gasteiger partial charge in [0.15, 0.2) is 0 Å². The summed E-state index contributed by atoms with van der Waals surface area (Å²) in [6, 6.07) is 0. The maximum Gasteiger partial charge on any atom is 0.0876 e. The molecule has 0 radical (unpaired) electrons. The molecule has 1 N–H and O–H groups in total. The zero-order valence-corrected chi connectivity index (χ0v) is 87.0. The summed E-state index contributed by atoms with van der Waals surface area (Å²) in [4.78, 5) is 9.35. The molecule has 14 rings (SSSR count). The van der Waals surface area contributed by atoms with Gasteiger partial charge in [0.25, 0.3) is 0 Å². The molecule has 0 aromatic heterocycles. The van der Waals surface area contributed by atoms with Crippen molar-refractivity contribution < 1.29 is 71.4 Å². The van der Waals surface area contributed by atoms with E-state index in [1.807, 2.05) is 30.4 Å². The number of fused-ring (bicyclic) bond motifs is 8. The first-order valence-corrected chi connectivity index (χ1v) is 53.4.